The van der Waals surface area contributed by atoms with E-state index in [-0.39, 0.29) is 0 Å². The van der Waals surface area contributed by atoms with Gasteiger partial charge in [0, 0.05) is 34.3 Å². The highest BCUT2D eigenvalue weighted by molar-refractivity contribution is 6.31. The lowest BCUT2D eigenvalue weighted by Crippen LogP contribution is -2.01. The van der Waals surface area contributed by atoms with Gasteiger partial charge in [-0.3, -0.25) is 0 Å². The molecule has 0 fully saturated rings. The Morgan fingerprint density at radius 3 is 1.53 bits per heavy atom. The van der Waals surface area contributed by atoms with E-state index < -0.39 is 0 Å². The van der Waals surface area contributed by atoms with Crippen LogP contribution in [0.1, 0.15) is 26.7 Å². The van der Waals surface area contributed by atoms with Crippen LogP contribution in [0.4, 0.5) is 0 Å². The molecule has 0 saturated carbocycles. The third kappa shape index (κ3) is 3.68. The maximum Gasteiger partial charge on any atom is 0.141 e. The Hall–Kier alpha value is -2.82. The molecule has 0 amide bonds. The zero-order valence-corrected chi connectivity index (χ0v) is 19.7. The number of aryl methyl sites for hydroxylation is 2. The minimum atomic E-state index is 0.713. The Balaban J connectivity index is 1.76. The van der Waals surface area contributed by atoms with Crippen molar-refractivity contribution in [3.05, 3.63) is 70.7 Å². The zero-order chi connectivity index (χ0) is 22.2. The van der Waals surface area contributed by atoms with E-state index in [1.807, 2.05) is 36.4 Å². The number of rotatable bonds is 6. The van der Waals surface area contributed by atoms with Crippen LogP contribution in [-0.4, -0.2) is 19.1 Å². The average molecular weight is 463 g/mol. The second-order valence-corrected chi connectivity index (χ2v) is 8.90. The summed E-state index contributed by atoms with van der Waals surface area (Å²) in [7, 11) is 0. The monoisotopic (exact) mass is 462 g/mol. The van der Waals surface area contributed by atoms with Crippen molar-refractivity contribution in [2.45, 2.75) is 39.8 Å². The number of aromatic nitrogens is 4. The standard InChI is InChI=1S/C26H24Cl2N4/c1-3-11-31-23-16-24-22(15-21(23)29-25(31)17-7-5-9-19(27)13-17)30-26(32(24)12-4-2)18-8-6-10-20(28)14-18/h5-10,13-16H,3-4,11-12H2,1-2H3. The summed E-state index contributed by atoms with van der Waals surface area (Å²) < 4.78 is 4.59. The molecule has 0 saturated heterocycles. The highest BCUT2D eigenvalue weighted by atomic mass is 35.5. The summed E-state index contributed by atoms with van der Waals surface area (Å²) in [6, 6.07) is 20.1. The maximum atomic E-state index is 6.27. The Bertz CT molecular complexity index is 1330. The molecule has 162 valence electrons. The molecule has 0 spiro atoms. The van der Waals surface area contributed by atoms with Crippen LogP contribution in [0.25, 0.3) is 44.8 Å². The van der Waals surface area contributed by atoms with Crippen molar-refractivity contribution < 1.29 is 0 Å². The smallest absolute Gasteiger partial charge is 0.141 e. The molecular formula is C26H24Cl2N4. The van der Waals surface area contributed by atoms with Crippen molar-refractivity contribution in [1.82, 2.24) is 19.1 Å². The van der Waals surface area contributed by atoms with Gasteiger partial charge in [0.2, 0.25) is 0 Å². The van der Waals surface area contributed by atoms with Gasteiger partial charge in [0.05, 0.1) is 22.1 Å². The normalized spacial score (nSPS) is 11.6. The van der Waals surface area contributed by atoms with Gasteiger partial charge in [-0.1, -0.05) is 61.3 Å². The van der Waals surface area contributed by atoms with Gasteiger partial charge >= 0.3 is 0 Å². The number of halogens is 2. The minimum absolute atomic E-state index is 0.713. The number of imidazole rings is 2. The molecule has 0 unspecified atom stereocenters. The van der Waals surface area contributed by atoms with E-state index in [9.17, 15) is 0 Å². The summed E-state index contributed by atoms with van der Waals surface area (Å²) >= 11 is 12.5. The lowest BCUT2D eigenvalue weighted by molar-refractivity contribution is 0.699. The first kappa shape index (κ1) is 21.0. The van der Waals surface area contributed by atoms with E-state index in [0.717, 1.165) is 70.8 Å². The molecule has 0 aliphatic heterocycles. The Morgan fingerprint density at radius 2 is 1.12 bits per heavy atom. The first-order valence-electron chi connectivity index (χ1n) is 11.0. The van der Waals surface area contributed by atoms with E-state index in [1.54, 1.807) is 0 Å². The average Bonchev–Trinajstić information content (AvgIpc) is 3.31. The van der Waals surface area contributed by atoms with Gasteiger partial charge in [0.1, 0.15) is 11.6 Å². The second kappa shape index (κ2) is 8.61. The summed E-state index contributed by atoms with van der Waals surface area (Å²) in [5.74, 6) is 1.88. The molecular weight excluding hydrogens is 439 g/mol. The predicted octanol–water partition coefficient (Wildman–Crippen LogP) is 7.85. The third-order valence-corrected chi connectivity index (χ3v) is 6.15. The fourth-order valence-corrected chi connectivity index (χ4v) is 4.72. The van der Waals surface area contributed by atoms with Crippen LogP contribution in [0, 0.1) is 0 Å². The van der Waals surface area contributed by atoms with E-state index in [0.29, 0.717) is 10.0 Å². The van der Waals surface area contributed by atoms with E-state index >= 15 is 0 Å². The largest absolute Gasteiger partial charge is 0.324 e. The van der Waals surface area contributed by atoms with Crippen molar-refractivity contribution in [2.75, 3.05) is 0 Å². The van der Waals surface area contributed by atoms with Crippen LogP contribution >= 0.6 is 23.2 Å². The van der Waals surface area contributed by atoms with Gasteiger partial charge in [-0.15, -0.1) is 0 Å². The van der Waals surface area contributed by atoms with Gasteiger partial charge in [0.25, 0.3) is 0 Å². The van der Waals surface area contributed by atoms with E-state index in [1.165, 1.54) is 0 Å². The Kier molecular flexibility index (Phi) is 5.66. The Morgan fingerprint density at radius 1 is 0.656 bits per heavy atom. The molecule has 2 heterocycles. The van der Waals surface area contributed by atoms with Gasteiger partial charge in [-0.25, -0.2) is 9.97 Å². The molecule has 6 heteroatoms. The summed E-state index contributed by atoms with van der Waals surface area (Å²) in [5, 5.41) is 1.43. The summed E-state index contributed by atoms with van der Waals surface area (Å²) in [4.78, 5) is 10.00. The maximum absolute atomic E-state index is 6.27. The molecule has 5 rings (SSSR count). The number of nitrogens with zero attached hydrogens (tertiary/aromatic N) is 4. The molecule has 0 aliphatic carbocycles. The van der Waals surface area contributed by atoms with Crippen molar-refractivity contribution in [1.29, 1.82) is 0 Å². The van der Waals surface area contributed by atoms with Crippen LogP contribution in [-0.2, 0) is 13.1 Å². The van der Waals surface area contributed by atoms with Crippen molar-refractivity contribution in [3.8, 4) is 22.8 Å². The van der Waals surface area contributed by atoms with Crippen LogP contribution in [0.15, 0.2) is 60.7 Å². The first-order chi connectivity index (χ1) is 15.6. The van der Waals surface area contributed by atoms with Crippen LogP contribution < -0.4 is 0 Å². The minimum Gasteiger partial charge on any atom is -0.324 e. The molecule has 32 heavy (non-hydrogen) atoms. The molecule has 2 aromatic heterocycles. The summed E-state index contributed by atoms with van der Waals surface area (Å²) in [5.41, 5.74) is 6.17. The number of benzene rings is 3. The molecule has 0 radical (unpaired) electrons. The fourth-order valence-electron chi connectivity index (χ4n) is 4.34. The van der Waals surface area contributed by atoms with Crippen molar-refractivity contribution in [3.63, 3.8) is 0 Å². The molecule has 0 aliphatic rings. The van der Waals surface area contributed by atoms with Crippen molar-refractivity contribution >= 4 is 45.3 Å². The molecule has 0 N–H and O–H groups in total. The fraction of sp³-hybridized carbons (Fsp3) is 0.231. The highest BCUT2D eigenvalue weighted by Gasteiger charge is 2.18. The topological polar surface area (TPSA) is 35.6 Å². The van der Waals surface area contributed by atoms with Crippen LogP contribution in [0.2, 0.25) is 10.0 Å². The number of hydrogen-bond acceptors (Lipinski definition) is 2. The Labute approximate surface area is 197 Å². The number of fused-ring (bicyclic) bond motifs is 2. The van der Waals surface area contributed by atoms with Crippen LogP contribution in [0.5, 0.6) is 0 Å². The number of hydrogen-bond donors (Lipinski definition) is 0. The van der Waals surface area contributed by atoms with Gasteiger partial charge in [-0.05, 0) is 49.2 Å². The van der Waals surface area contributed by atoms with E-state index in [2.05, 4.69) is 47.2 Å². The van der Waals surface area contributed by atoms with Gasteiger partial charge in [-0.2, -0.15) is 0 Å². The SMILES string of the molecule is CCCn1c(-c2cccc(Cl)c2)nc2cc3nc(-c4cccc(Cl)c4)n(CCC)c3cc21. The highest BCUT2D eigenvalue weighted by Crippen LogP contribution is 2.33. The first-order valence-corrected chi connectivity index (χ1v) is 11.8. The van der Waals surface area contributed by atoms with Crippen molar-refractivity contribution in [2.24, 2.45) is 0 Å². The molecule has 0 atom stereocenters. The lowest BCUT2D eigenvalue weighted by Gasteiger charge is -2.10. The van der Waals surface area contributed by atoms with Crippen LogP contribution in [0.3, 0.4) is 0 Å². The van der Waals surface area contributed by atoms with Gasteiger partial charge < -0.3 is 9.13 Å². The lowest BCUT2D eigenvalue weighted by atomic mass is 10.2. The summed E-state index contributed by atoms with van der Waals surface area (Å²) in [6.07, 6.45) is 2.03. The van der Waals surface area contributed by atoms with Gasteiger partial charge in [0.15, 0.2) is 0 Å². The molecule has 4 nitrogen and oxygen atoms in total. The van der Waals surface area contributed by atoms with E-state index in [4.69, 9.17) is 33.2 Å². The molecule has 0 bridgehead atoms. The molecule has 5 aromatic rings. The third-order valence-electron chi connectivity index (χ3n) is 5.68. The second-order valence-electron chi connectivity index (χ2n) is 8.02. The zero-order valence-electron chi connectivity index (χ0n) is 18.1. The molecule has 3 aromatic carbocycles. The quantitative estimate of drug-likeness (QED) is 0.257. The summed E-state index contributed by atoms with van der Waals surface area (Å²) in [6.45, 7) is 6.13. The predicted molar refractivity (Wildman–Crippen MR) is 134 cm³/mol.